The van der Waals surface area contributed by atoms with Crippen molar-refractivity contribution in [3.8, 4) is 0 Å². The van der Waals surface area contributed by atoms with Crippen molar-refractivity contribution in [3.05, 3.63) is 0 Å². The lowest BCUT2D eigenvalue weighted by Gasteiger charge is -2.45. The molecule has 160 valence electrons. The predicted octanol–water partition coefficient (Wildman–Crippen LogP) is 5.88. The number of esters is 2. The Morgan fingerprint density at radius 3 is 1.44 bits per heavy atom. The minimum atomic E-state index is -0.885. The molecule has 0 fully saturated rings. The Morgan fingerprint density at radius 1 is 0.741 bits per heavy atom. The van der Waals surface area contributed by atoms with Crippen LogP contribution in [-0.2, 0) is 19.1 Å². The van der Waals surface area contributed by atoms with Gasteiger partial charge in [-0.25, -0.2) is 0 Å². The molecule has 0 spiro atoms. The first kappa shape index (κ1) is 25.9. The van der Waals surface area contributed by atoms with Crippen LogP contribution in [0, 0.1) is 34.0 Å². The molecule has 4 nitrogen and oxygen atoms in total. The van der Waals surface area contributed by atoms with Gasteiger partial charge in [0.05, 0.1) is 24.5 Å². The second kappa shape index (κ2) is 9.93. The molecule has 4 heteroatoms. The fourth-order valence-corrected chi connectivity index (χ4v) is 3.61. The third-order valence-corrected chi connectivity index (χ3v) is 5.56. The second-order valence-corrected chi connectivity index (χ2v) is 10.6. The summed E-state index contributed by atoms with van der Waals surface area (Å²) in [4.78, 5) is 26.4. The van der Waals surface area contributed by atoms with Crippen LogP contribution in [0.25, 0.3) is 0 Å². The summed E-state index contributed by atoms with van der Waals surface area (Å²) in [6.07, 6.45) is 1.59. The van der Waals surface area contributed by atoms with Crippen molar-refractivity contribution in [3.63, 3.8) is 0 Å². The average Bonchev–Trinajstić information content (AvgIpc) is 2.56. The number of hydrogen-bond donors (Lipinski definition) is 0. The van der Waals surface area contributed by atoms with E-state index in [1.165, 1.54) is 0 Å². The summed E-state index contributed by atoms with van der Waals surface area (Å²) < 4.78 is 11.4. The van der Waals surface area contributed by atoms with Crippen LogP contribution in [0.2, 0.25) is 0 Å². The molecule has 0 rings (SSSR count). The van der Waals surface area contributed by atoms with Gasteiger partial charge in [-0.2, -0.15) is 0 Å². The van der Waals surface area contributed by atoms with Crippen molar-refractivity contribution >= 4 is 11.9 Å². The van der Waals surface area contributed by atoms with Crippen molar-refractivity contribution in [2.45, 2.75) is 89.0 Å². The van der Waals surface area contributed by atoms with E-state index >= 15 is 0 Å². The summed E-state index contributed by atoms with van der Waals surface area (Å²) in [5, 5.41) is 0. The van der Waals surface area contributed by atoms with E-state index in [1.54, 1.807) is 0 Å². The lowest BCUT2D eigenvalue weighted by atomic mass is 9.59. The smallest absolute Gasteiger partial charge is 0.313 e. The molecular weight excluding hydrogens is 340 g/mol. The Balaban J connectivity index is 5.92. The van der Waals surface area contributed by atoms with Gasteiger partial charge in [0.2, 0.25) is 0 Å². The fourth-order valence-electron chi connectivity index (χ4n) is 3.61. The van der Waals surface area contributed by atoms with Gasteiger partial charge in [0.15, 0.2) is 0 Å². The van der Waals surface area contributed by atoms with Gasteiger partial charge in [-0.3, -0.25) is 9.59 Å². The van der Waals surface area contributed by atoms with Crippen molar-refractivity contribution in [2.75, 3.05) is 13.2 Å². The Hall–Kier alpha value is -1.06. The lowest BCUT2D eigenvalue weighted by Crippen LogP contribution is -2.52. The van der Waals surface area contributed by atoms with E-state index < -0.39 is 11.3 Å². The van der Waals surface area contributed by atoms with Gasteiger partial charge in [-0.15, -0.1) is 0 Å². The molecule has 0 bridgehead atoms. The quantitative estimate of drug-likeness (QED) is 0.466. The zero-order valence-corrected chi connectivity index (χ0v) is 19.7. The SMILES string of the molecule is CCC(C)C(C(=O)OCC(C)(C)C)(C(C)CC)C(C)C(=O)OCC(C)(C)C. The number of rotatable bonds is 9. The number of carbonyl (C=O) groups excluding carboxylic acids is 2. The highest BCUT2D eigenvalue weighted by Gasteiger charge is 2.55. The number of carbonyl (C=O) groups is 2. The summed E-state index contributed by atoms with van der Waals surface area (Å²) in [5.41, 5.74) is -1.12. The molecule has 0 aliphatic heterocycles. The molecule has 0 aromatic heterocycles. The Kier molecular flexibility index (Phi) is 9.54. The molecule has 0 saturated heterocycles. The van der Waals surface area contributed by atoms with Gasteiger partial charge in [0.25, 0.3) is 0 Å². The lowest BCUT2D eigenvalue weighted by molar-refractivity contribution is -0.182. The Morgan fingerprint density at radius 2 is 1.11 bits per heavy atom. The standard InChI is InChI=1S/C23H44O4/c1-12-16(3)23(17(4)13-2,20(25)27-15-22(9,10)11)18(5)19(24)26-14-21(6,7)8/h16-18H,12-15H2,1-11H3. The maximum atomic E-state index is 13.4. The van der Waals surface area contributed by atoms with Gasteiger partial charge < -0.3 is 9.47 Å². The third kappa shape index (κ3) is 7.12. The summed E-state index contributed by atoms with van der Waals surface area (Å²) in [6.45, 7) is 22.9. The van der Waals surface area contributed by atoms with Gasteiger partial charge >= 0.3 is 11.9 Å². The zero-order chi connectivity index (χ0) is 21.6. The molecule has 0 amide bonds. The molecule has 27 heavy (non-hydrogen) atoms. The molecule has 3 atom stereocenters. The molecule has 0 radical (unpaired) electrons. The highest BCUT2D eigenvalue weighted by Crippen LogP contribution is 2.48. The highest BCUT2D eigenvalue weighted by atomic mass is 16.5. The molecule has 3 unspecified atom stereocenters. The van der Waals surface area contributed by atoms with Crippen molar-refractivity contribution in [1.82, 2.24) is 0 Å². The Labute approximate surface area is 167 Å². The van der Waals surface area contributed by atoms with Crippen molar-refractivity contribution in [2.24, 2.45) is 34.0 Å². The zero-order valence-electron chi connectivity index (χ0n) is 19.7. The van der Waals surface area contributed by atoms with Crippen LogP contribution >= 0.6 is 0 Å². The molecule has 0 aromatic rings. The van der Waals surface area contributed by atoms with E-state index in [0.29, 0.717) is 13.2 Å². The first-order valence-corrected chi connectivity index (χ1v) is 10.5. The molecular formula is C23H44O4. The predicted molar refractivity (Wildman–Crippen MR) is 111 cm³/mol. The van der Waals surface area contributed by atoms with E-state index in [1.807, 2.05) is 48.5 Å². The highest BCUT2D eigenvalue weighted by molar-refractivity contribution is 5.86. The van der Waals surface area contributed by atoms with Crippen LogP contribution in [0.5, 0.6) is 0 Å². The maximum Gasteiger partial charge on any atom is 0.313 e. The normalized spacial score (nSPS) is 18.2. The number of hydrogen-bond acceptors (Lipinski definition) is 4. The van der Waals surface area contributed by atoms with E-state index in [-0.39, 0.29) is 34.6 Å². The van der Waals surface area contributed by atoms with Gasteiger partial charge in [0.1, 0.15) is 0 Å². The topological polar surface area (TPSA) is 52.6 Å². The molecule has 0 saturated carbocycles. The largest absolute Gasteiger partial charge is 0.465 e. The van der Waals surface area contributed by atoms with Crippen molar-refractivity contribution in [1.29, 1.82) is 0 Å². The molecule has 0 aromatic carbocycles. The van der Waals surface area contributed by atoms with Gasteiger partial charge in [-0.05, 0) is 22.7 Å². The van der Waals surface area contributed by atoms with Gasteiger partial charge in [0, 0.05) is 0 Å². The van der Waals surface area contributed by atoms with Gasteiger partial charge in [-0.1, -0.05) is 89.0 Å². The summed E-state index contributed by atoms with van der Waals surface area (Å²) >= 11 is 0. The minimum absolute atomic E-state index is 0.0112. The average molecular weight is 385 g/mol. The van der Waals surface area contributed by atoms with Crippen LogP contribution in [0.1, 0.15) is 89.0 Å². The molecule has 0 heterocycles. The van der Waals surface area contributed by atoms with E-state index in [4.69, 9.17) is 9.47 Å². The van der Waals surface area contributed by atoms with E-state index in [2.05, 4.69) is 27.7 Å². The minimum Gasteiger partial charge on any atom is -0.465 e. The first-order chi connectivity index (χ1) is 12.1. The maximum absolute atomic E-state index is 13.4. The second-order valence-electron chi connectivity index (χ2n) is 10.6. The first-order valence-electron chi connectivity index (χ1n) is 10.5. The summed E-state index contributed by atoms with van der Waals surface area (Å²) in [6, 6.07) is 0. The van der Waals surface area contributed by atoms with Crippen LogP contribution in [0.3, 0.4) is 0 Å². The molecule has 0 aliphatic rings. The van der Waals surface area contributed by atoms with Crippen LogP contribution in [0.4, 0.5) is 0 Å². The molecule has 0 aliphatic carbocycles. The Bertz CT molecular complexity index is 472. The summed E-state index contributed by atoms with van der Waals surface area (Å²) in [7, 11) is 0. The van der Waals surface area contributed by atoms with Crippen LogP contribution < -0.4 is 0 Å². The fraction of sp³-hybridized carbons (Fsp3) is 0.913. The van der Waals surface area contributed by atoms with Crippen molar-refractivity contribution < 1.29 is 19.1 Å². The molecule has 0 N–H and O–H groups in total. The third-order valence-electron chi connectivity index (χ3n) is 5.56. The van der Waals surface area contributed by atoms with Crippen LogP contribution in [0.15, 0.2) is 0 Å². The number of ether oxygens (including phenoxy) is 2. The van der Waals surface area contributed by atoms with Crippen LogP contribution in [-0.4, -0.2) is 25.2 Å². The monoisotopic (exact) mass is 384 g/mol. The van der Waals surface area contributed by atoms with E-state index in [0.717, 1.165) is 12.8 Å². The summed E-state index contributed by atoms with van der Waals surface area (Å²) in [5.74, 6) is -1.11. The van der Waals surface area contributed by atoms with E-state index in [9.17, 15) is 9.59 Å².